The van der Waals surface area contributed by atoms with Gasteiger partial charge in [-0.3, -0.25) is 4.98 Å². The quantitative estimate of drug-likeness (QED) is 0.227. The zero-order valence-electron chi connectivity index (χ0n) is 21.0. The lowest BCUT2D eigenvalue weighted by molar-refractivity contribution is 0.302. The van der Waals surface area contributed by atoms with E-state index in [9.17, 15) is 5.26 Å². The van der Waals surface area contributed by atoms with E-state index in [2.05, 4.69) is 26.3 Å². The Morgan fingerprint density at radius 2 is 2.03 bits per heavy atom. The van der Waals surface area contributed by atoms with Crippen molar-refractivity contribution in [3.8, 4) is 39.3 Å². The summed E-state index contributed by atoms with van der Waals surface area (Å²) in [5, 5.41) is 13.2. The van der Waals surface area contributed by atoms with Crippen molar-refractivity contribution in [2.45, 2.75) is 19.9 Å². The molecule has 4 aromatic heterocycles. The molecule has 38 heavy (non-hydrogen) atoms. The normalized spacial score (nSPS) is 10.7. The molecule has 0 atom stereocenters. The fourth-order valence-corrected chi connectivity index (χ4v) is 5.09. The highest BCUT2D eigenvalue weighted by Gasteiger charge is 2.21. The van der Waals surface area contributed by atoms with Crippen LogP contribution in [0, 0.1) is 18.3 Å². The second kappa shape index (κ2) is 11.5. The van der Waals surface area contributed by atoms with Gasteiger partial charge in [-0.25, -0.2) is 15.0 Å². The fourth-order valence-electron chi connectivity index (χ4n) is 4.00. The molecule has 190 valence electrons. The van der Waals surface area contributed by atoms with E-state index in [1.54, 1.807) is 38.2 Å². The molecule has 5 aromatic rings. The zero-order chi connectivity index (χ0) is 26.3. The molecule has 0 fully saturated rings. The van der Waals surface area contributed by atoms with Gasteiger partial charge in [-0.1, -0.05) is 6.07 Å². The number of nitriles is 1. The van der Waals surface area contributed by atoms with Gasteiger partial charge in [0.2, 0.25) is 5.95 Å². The molecular formula is C28H25N7O2S. The maximum absolute atomic E-state index is 9.89. The second-order valence-electron chi connectivity index (χ2n) is 8.38. The van der Waals surface area contributed by atoms with E-state index in [1.165, 1.54) is 11.3 Å². The van der Waals surface area contributed by atoms with E-state index in [0.29, 0.717) is 29.6 Å². The number of methoxy groups -OCH3 is 1. The van der Waals surface area contributed by atoms with Crippen LogP contribution in [0.15, 0.2) is 73.7 Å². The van der Waals surface area contributed by atoms with Crippen LogP contribution in [0.1, 0.15) is 16.9 Å². The molecule has 1 N–H and O–H groups in total. The molecule has 1 aromatic carbocycles. The first-order valence-corrected chi connectivity index (χ1v) is 12.8. The standard InChI is InChI=1S/C28H25N7O2S/c1-19-24(15-29)26(20-13-23(36-2)17-31-16-20)27(38-19)25-7-8-32-28(34-25)33-21-5-3-6-22(14-21)37-12-4-10-35-11-9-30-18-35/h3,5-9,11,13-14,16-18H,4,10,12H2,1-2H3,(H,32,33,34). The Morgan fingerprint density at radius 3 is 2.84 bits per heavy atom. The second-order valence-corrected chi connectivity index (χ2v) is 9.61. The van der Waals surface area contributed by atoms with Gasteiger partial charge in [-0.2, -0.15) is 5.26 Å². The number of benzene rings is 1. The van der Waals surface area contributed by atoms with Crippen molar-refractivity contribution in [1.29, 1.82) is 5.26 Å². The van der Waals surface area contributed by atoms with Crippen molar-refractivity contribution in [2.24, 2.45) is 0 Å². The molecule has 0 aliphatic carbocycles. The summed E-state index contributed by atoms with van der Waals surface area (Å²) in [7, 11) is 1.59. The zero-order valence-corrected chi connectivity index (χ0v) is 21.8. The molecule has 0 aliphatic heterocycles. The van der Waals surface area contributed by atoms with Crippen LogP contribution in [-0.4, -0.2) is 38.2 Å². The number of imidazole rings is 1. The van der Waals surface area contributed by atoms with Crippen LogP contribution in [0.25, 0.3) is 21.7 Å². The van der Waals surface area contributed by atoms with Crippen LogP contribution in [0.5, 0.6) is 11.5 Å². The average molecular weight is 524 g/mol. The molecule has 0 spiro atoms. The minimum atomic E-state index is 0.444. The smallest absolute Gasteiger partial charge is 0.227 e. The van der Waals surface area contributed by atoms with Gasteiger partial charge in [-0.05, 0) is 37.6 Å². The van der Waals surface area contributed by atoms with Crippen molar-refractivity contribution in [3.05, 3.63) is 84.2 Å². The first-order chi connectivity index (χ1) is 18.6. The minimum Gasteiger partial charge on any atom is -0.495 e. The van der Waals surface area contributed by atoms with Crippen LogP contribution in [0.2, 0.25) is 0 Å². The molecule has 0 bridgehead atoms. The van der Waals surface area contributed by atoms with Gasteiger partial charge in [0, 0.05) is 59.1 Å². The Morgan fingerprint density at radius 1 is 1.11 bits per heavy atom. The number of anilines is 2. The maximum atomic E-state index is 9.89. The van der Waals surface area contributed by atoms with E-state index in [4.69, 9.17) is 14.5 Å². The molecule has 10 heteroatoms. The number of pyridine rings is 1. The Kier molecular flexibility index (Phi) is 7.57. The van der Waals surface area contributed by atoms with Crippen molar-refractivity contribution in [1.82, 2.24) is 24.5 Å². The SMILES string of the molecule is COc1cncc(-c2c(-c3ccnc(Nc4cccc(OCCCn5ccnc5)c4)n3)sc(C)c2C#N)c1. The Balaban J connectivity index is 1.35. The van der Waals surface area contributed by atoms with Crippen molar-refractivity contribution >= 4 is 23.0 Å². The highest BCUT2D eigenvalue weighted by molar-refractivity contribution is 7.16. The Hall–Kier alpha value is -4.75. The number of thiophene rings is 1. The molecule has 0 saturated carbocycles. The van der Waals surface area contributed by atoms with Gasteiger partial charge in [0.15, 0.2) is 0 Å². The topological polar surface area (TPSA) is 111 Å². The van der Waals surface area contributed by atoms with E-state index in [-0.39, 0.29) is 0 Å². The number of ether oxygens (including phenoxy) is 2. The van der Waals surface area contributed by atoms with Crippen LogP contribution < -0.4 is 14.8 Å². The summed E-state index contributed by atoms with van der Waals surface area (Å²) in [5.74, 6) is 1.83. The average Bonchev–Trinajstić information content (AvgIpc) is 3.59. The summed E-state index contributed by atoms with van der Waals surface area (Å²) in [6.45, 7) is 3.38. The van der Waals surface area contributed by atoms with Crippen LogP contribution in [0.3, 0.4) is 0 Å². The van der Waals surface area contributed by atoms with Crippen molar-refractivity contribution in [2.75, 3.05) is 19.0 Å². The largest absolute Gasteiger partial charge is 0.495 e. The third-order valence-electron chi connectivity index (χ3n) is 5.80. The third-order valence-corrected chi connectivity index (χ3v) is 6.93. The van der Waals surface area contributed by atoms with Gasteiger partial charge in [0.05, 0.1) is 42.4 Å². The lowest BCUT2D eigenvalue weighted by atomic mass is 10.0. The van der Waals surface area contributed by atoms with E-state index >= 15 is 0 Å². The number of hydrogen-bond donors (Lipinski definition) is 1. The number of nitrogens with one attached hydrogen (secondary N) is 1. The van der Waals surface area contributed by atoms with Gasteiger partial charge >= 0.3 is 0 Å². The summed E-state index contributed by atoms with van der Waals surface area (Å²) in [5.41, 5.74) is 3.71. The summed E-state index contributed by atoms with van der Waals surface area (Å²) in [4.78, 5) is 19.3. The first kappa shape index (κ1) is 24.9. The van der Waals surface area contributed by atoms with Crippen LogP contribution in [-0.2, 0) is 6.54 Å². The molecule has 4 heterocycles. The molecule has 0 aliphatic rings. The summed E-state index contributed by atoms with van der Waals surface area (Å²) in [6, 6.07) is 13.8. The van der Waals surface area contributed by atoms with Crippen molar-refractivity contribution < 1.29 is 9.47 Å². The van der Waals surface area contributed by atoms with Gasteiger partial charge in [-0.15, -0.1) is 11.3 Å². The first-order valence-electron chi connectivity index (χ1n) is 12.0. The molecule has 9 nitrogen and oxygen atoms in total. The highest BCUT2D eigenvalue weighted by atomic mass is 32.1. The van der Waals surface area contributed by atoms with E-state index < -0.39 is 0 Å². The molecule has 0 saturated heterocycles. The summed E-state index contributed by atoms with van der Waals surface area (Å²) in [6.07, 6.45) is 11.5. The van der Waals surface area contributed by atoms with Crippen molar-refractivity contribution in [3.63, 3.8) is 0 Å². The predicted molar refractivity (Wildman–Crippen MR) is 147 cm³/mol. The minimum absolute atomic E-state index is 0.444. The molecular weight excluding hydrogens is 498 g/mol. The number of nitrogens with zero attached hydrogens (tertiary/aromatic N) is 6. The van der Waals surface area contributed by atoms with Gasteiger partial charge < -0.3 is 19.4 Å². The summed E-state index contributed by atoms with van der Waals surface area (Å²) >= 11 is 1.52. The number of aromatic nitrogens is 5. The maximum Gasteiger partial charge on any atom is 0.227 e. The number of hydrogen-bond acceptors (Lipinski definition) is 9. The molecule has 0 amide bonds. The summed E-state index contributed by atoms with van der Waals surface area (Å²) < 4.78 is 13.3. The molecule has 5 rings (SSSR count). The lowest BCUT2D eigenvalue weighted by Crippen LogP contribution is -2.03. The predicted octanol–water partition coefficient (Wildman–Crippen LogP) is 5.87. The lowest BCUT2D eigenvalue weighted by Gasteiger charge is -2.10. The molecule has 0 unspecified atom stereocenters. The van der Waals surface area contributed by atoms with E-state index in [1.807, 2.05) is 54.1 Å². The van der Waals surface area contributed by atoms with Gasteiger partial charge in [0.1, 0.15) is 17.6 Å². The van der Waals surface area contributed by atoms with Crippen LogP contribution >= 0.6 is 11.3 Å². The van der Waals surface area contributed by atoms with E-state index in [0.717, 1.165) is 45.3 Å². The Bertz CT molecular complexity index is 1570. The van der Waals surface area contributed by atoms with Gasteiger partial charge in [0.25, 0.3) is 0 Å². The number of rotatable bonds is 10. The molecule has 0 radical (unpaired) electrons. The number of aryl methyl sites for hydroxylation is 2. The highest BCUT2D eigenvalue weighted by Crippen LogP contribution is 2.42. The monoisotopic (exact) mass is 523 g/mol. The third kappa shape index (κ3) is 5.63. The fraction of sp³-hybridized carbons (Fsp3) is 0.179. The Labute approximate surface area is 224 Å². The van der Waals surface area contributed by atoms with Crippen LogP contribution in [0.4, 0.5) is 11.6 Å².